The normalized spacial score (nSPS) is 14.6. The quantitative estimate of drug-likeness (QED) is 0.385. The average Bonchev–Trinajstić information content (AvgIpc) is 3.29. The number of halogens is 2. The van der Waals surface area contributed by atoms with Crippen LogP contribution in [-0.4, -0.2) is 38.5 Å². The highest BCUT2D eigenvalue weighted by Crippen LogP contribution is 2.27. The number of piperidine rings is 1. The van der Waals surface area contributed by atoms with Gasteiger partial charge in [0.15, 0.2) is 0 Å². The third kappa shape index (κ3) is 4.22. The lowest BCUT2D eigenvalue weighted by molar-refractivity contribution is 0.222. The molecule has 0 spiro atoms. The third-order valence-corrected chi connectivity index (χ3v) is 6.11. The highest BCUT2D eigenvalue weighted by molar-refractivity contribution is 5.85. The van der Waals surface area contributed by atoms with E-state index in [-0.39, 0.29) is 24.8 Å². The van der Waals surface area contributed by atoms with Crippen LogP contribution in [0.25, 0.3) is 28.1 Å². The van der Waals surface area contributed by atoms with Gasteiger partial charge in [0, 0.05) is 19.3 Å². The van der Waals surface area contributed by atoms with Crippen molar-refractivity contribution in [3.63, 3.8) is 0 Å². The van der Waals surface area contributed by atoms with Gasteiger partial charge in [-0.05, 0) is 55.6 Å². The van der Waals surface area contributed by atoms with Crippen LogP contribution in [0, 0.1) is 0 Å². The summed E-state index contributed by atoms with van der Waals surface area (Å²) in [6.07, 6.45) is 7.39. The molecule has 5 rings (SSSR count). The molecule has 0 amide bonds. The van der Waals surface area contributed by atoms with Crippen molar-refractivity contribution in [3.05, 3.63) is 60.3 Å². The molecule has 3 heterocycles. The highest BCUT2D eigenvalue weighted by Gasteiger charge is 2.17. The van der Waals surface area contributed by atoms with Crippen molar-refractivity contribution in [2.75, 3.05) is 19.6 Å². The smallest absolute Gasteiger partial charge is 0.215 e. The molecule has 30 heavy (non-hydrogen) atoms. The Bertz CT molecular complexity index is 1090. The first-order valence-electron chi connectivity index (χ1n) is 10.6. The van der Waals surface area contributed by atoms with E-state index in [2.05, 4.69) is 75.5 Å². The number of imidazole rings is 2. The molecule has 0 aliphatic carbocycles. The summed E-state index contributed by atoms with van der Waals surface area (Å²) < 4.78 is 4.67. The Kier molecular flexibility index (Phi) is 7.45. The molecule has 4 aromatic rings. The maximum atomic E-state index is 4.97. The monoisotopic (exact) mass is 444 g/mol. The van der Waals surface area contributed by atoms with Gasteiger partial charge in [0.2, 0.25) is 5.78 Å². The van der Waals surface area contributed by atoms with Gasteiger partial charge in [-0.3, -0.25) is 4.40 Å². The summed E-state index contributed by atoms with van der Waals surface area (Å²) in [7, 11) is 0. The number of aromatic nitrogens is 3. The Morgan fingerprint density at radius 1 is 0.867 bits per heavy atom. The molecule has 2 aromatic carbocycles. The lowest BCUT2D eigenvalue weighted by atomic mass is 10.1. The van der Waals surface area contributed by atoms with Crippen LogP contribution in [0.3, 0.4) is 0 Å². The Labute approximate surface area is 190 Å². The molecule has 1 fully saturated rings. The van der Waals surface area contributed by atoms with Crippen LogP contribution in [0.2, 0.25) is 0 Å². The Balaban J connectivity index is 0.00000128. The topological polar surface area (TPSA) is 25.5 Å². The molecule has 160 valence electrons. The molecule has 1 aliphatic heterocycles. The highest BCUT2D eigenvalue weighted by atomic mass is 35.5. The number of aryl methyl sites for hydroxylation is 1. The second-order valence-electron chi connectivity index (χ2n) is 7.89. The zero-order valence-electron chi connectivity index (χ0n) is 17.5. The number of hydrogen-bond acceptors (Lipinski definition) is 2. The number of rotatable bonds is 5. The molecule has 0 unspecified atom stereocenters. The molecule has 0 bridgehead atoms. The van der Waals surface area contributed by atoms with E-state index in [1.165, 1.54) is 54.7 Å². The standard InChI is InChI=1S/C24H28N4.2ClH/c1-2-19-10-12-20(13-11-19)23-18-28-22-9-5-4-8-21(22)25-24(28)27(23)17-16-26-14-6-3-7-15-26;;/h4-5,8-13,18H,2-3,6-7,14-17H2,1H3;2*1H. The first kappa shape index (κ1) is 22.7. The minimum Gasteiger partial charge on any atom is -0.308 e. The van der Waals surface area contributed by atoms with E-state index in [0.717, 1.165) is 30.8 Å². The van der Waals surface area contributed by atoms with Crippen LogP contribution in [0.15, 0.2) is 54.7 Å². The Morgan fingerprint density at radius 3 is 2.33 bits per heavy atom. The van der Waals surface area contributed by atoms with Gasteiger partial charge in [-0.25, -0.2) is 4.98 Å². The molecular formula is C24H30Cl2N4. The molecule has 2 aromatic heterocycles. The van der Waals surface area contributed by atoms with Crippen molar-refractivity contribution >= 4 is 41.6 Å². The number of likely N-dealkylation sites (tertiary alicyclic amines) is 1. The minimum atomic E-state index is 0. The number of fused-ring (bicyclic) bond motifs is 3. The lowest BCUT2D eigenvalue weighted by Crippen LogP contribution is -2.32. The average molecular weight is 445 g/mol. The van der Waals surface area contributed by atoms with Crippen LogP contribution in [-0.2, 0) is 13.0 Å². The largest absolute Gasteiger partial charge is 0.308 e. The molecule has 0 atom stereocenters. The number of hydrogen-bond donors (Lipinski definition) is 0. The fraction of sp³-hybridized carbons (Fsp3) is 0.375. The fourth-order valence-electron chi connectivity index (χ4n) is 4.44. The number of nitrogens with zero attached hydrogens (tertiary/aromatic N) is 4. The van der Waals surface area contributed by atoms with Crippen LogP contribution in [0.1, 0.15) is 31.7 Å². The van der Waals surface area contributed by atoms with E-state index < -0.39 is 0 Å². The zero-order chi connectivity index (χ0) is 18.9. The first-order valence-corrected chi connectivity index (χ1v) is 10.6. The predicted octanol–water partition coefficient (Wildman–Crippen LogP) is 5.85. The van der Waals surface area contributed by atoms with E-state index in [1.807, 2.05) is 0 Å². The number of para-hydroxylation sites is 2. The molecular weight excluding hydrogens is 415 g/mol. The van der Waals surface area contributed by atoms with Gasteiger partial charge in [0.25, 0.3) is 0 Å². The number of benzene rings is 2. The summed E-state index contributed by atoms with van der Waals surface area (Å²) >= 11 is 0. The summed E-state index contributed by atoms with van der Waals surface area (Å²) in [6, 6.07) is 17.4. The summed E-state index contributed by atoms with van der Waals surface area (Å²) in [5.74, 6) is 1.05. The third-order valence-electron chi connectivity index (χ3n) is 6.11. The van der Waals surface area contributed by atoms with Gasteiger partial charge in [-0.1, -0.05) is 49.7 Å². The van der Waals surface area contributed by atoms with Crippen molar-refractivity contribution < 1.29 is 0 Å². The molecule has 0 radical (unpaired) electrons. The summed E-state index contributed by atoms with van der Waals surface area (Å²) in [6.45, 7) is 6.73. The summed E-state index contributed by atoms with van der Waals surface area (Å²) in [5.41, 5.74) is 6.15. The maximum Gasteiger partial charge on any atom is 0.215 e. The molecule has 1 saturated heterocycles. The summed E-state index contributed by atoms with van der Waals surface area (Å²) in [4.78, 5) is 7.57. The Morgan fingerprint density at radius 2 is 1.60 bits per heavy atom. The second-order valence-corrected chi connectivity index (χ2v) is 7.89. The fourth-order valence-corrected chi connectivity index (χ4v) is 4.44. The van der Waals surface area contributed by atoms with E-state index in [1.54, 1.807) is 0 Å². The maximum absolute atomic E-state index is 4.97. The first-order chi connectivity index (χ1) is 13.8. The molecule has 0 N–H and O–H groups in total. The van der Waals surface area contributed by atoms with Crippen molar-refractivity contribution in [2.45, 2.75) is 39.2 Å². The van der Waals surface area contributed by atoms with Gasteiger partial charge in [-0.15, -0.1) is 24.8 Å². The van der Waals surface area contributed by atoms with E-state index in [4.69, 9.17) is 4.98 Å². The summed E-state index contributed by atoms with van der Waals surface area (Å²) in [5, 5.41) is 0. The van der Waals surface area contributed by atoms with E-state index in [0.29, 0.717) is 0 Å². The predicted molar refractivity (Wildman–Crippen MR) is 130 cm³/mol. The minimum absolute atomic E-state index is 0. The zero-order valence-corrected chi connectivity index (χ0v) is 19.1. The van der Waals surface area contributed by atoms with Crippen molar-refractivity contribution in [1.82, 2.24) is 18.9 Å². The van der Waals surface area contributed by atoms with Gasteiger partial charge in [0.1, 0.15) is 0 Å². The molecule has 4 nitrogen and oxygen atoms in total. The van der Waals surface area contributed by atoms with Crippen molar-refractivity contribution in [3.8, 4) is 11.3 Å². The van der Waals surface area contributed by atoms with Gasteiger partial charge >= 0.3 is 0 Å². The molecule has 0 saturated carbocycles. The second kappa shape index (κ2) is 9.86. The van der Waals surface area contributed by atoms with E-state index in [9.17, 15) is 0 Å². The lowest BCUT2D eigenvalue weighted by Gasteiger charge is -2.26. The van der Waals surface area contributed by atoms with Crippen molar-refractivity contribution in [2.24, 2.45) is 0 Å². The van der Waals surface area contributed by atoms with Gasteiger partial charge < -0.3 is 9.47 Å². The van der Waals surface area contributed by atoms with Crippen LogP contribution >= 0.6 is 24.8 Å². The molecule has 1 aliphatic rings. The van der Waals surface area contributed by atoms with Crippen LogP contribution < -0.4 is 0 Å². The Hall–Kier alpha value is -2.01. The van der Waals surface area contributed by atoms with Crippen LogP contribution in [0.4, 0.5) is 0 Å². The van der Waals surface area contributed by atoms with Gasteiger partial charge in [-0.2, -0.15) is 0 Å². The molecule has 6 heteroatoms. The SMILES string of the molecule is CCc1ccc(-c2cn3c4ccccc4nc3n2CCN2CCCCC2)cc1.Cl.Cl. The van der Waals surface area contributed by atoms with E-state index >= 15 is 0 Å². The van der Waals surface area contributed by atoms with Crippen LogP contribution in [0.5, 0.6) is 0 Å². The van der Waals surface area contributed by atoms with Gasteiger partial charge in [0.05, 0.1) is 16.7 Å². The van der Waals surface area contributed by atoms with Crippen molar-refractivity contribution in [1.29, 1.82) is 0 Å².